The summed E-state index contributed by atoms with van der Waals surface area (Å²) in [5, 5.41) is 3.61. The van der Waals surface area contributed by atoms with Crippen LogP contribution < -0.4 is 5.32 Å². The van der Waals surface area contributed by atoms with Crippen LogP contribution in [0.15, 0.2) is 58.5 Å². The molecule has 0 saturated heterocycles. The Morgan fingerprint density at radius 3 is 2.59 bits per heavy atom. The van der Waals surface area contributed by atoms with Crippen molar-refractivity contribution in [1.82, 2.24) is 4.90 Å². The number of carbonyl (C=O) groups excluding carboxylic acids is 2. The molecule has 2 amide bonds. The number of carbonyl (C=O) groups is 2. The van der Waals surface area contributed by atoms with Gasteiger partial charge in [0.1, 0.15) is 11.9 Å². The van der Waals surface area contributed by atoms with E-state index in [0.29, 0.717) is 40.5 Å². The second-order valence-electron chi connectivity index (χ2n) is 8.19. The summed E-state index contributed by atoms with van der Waals surface area (Å²) in [6.07, 6.45) is 1.25. The van der Waals surface area contributed by atoms with E-state index in [-0.39, 0.29) is 11.8 Å². The Bertz CT molecular complexity index is 1100. The molecule has 2 aliphatic heterocycles. The van der Waals surface area contributed by atoms with Gasteiger partial charge in [-0.25, -0.2) is 9.89 Å². The Kier molecular flexibility index (Phi) is 6.67. The summed E-state index contributed by atoms with van der Waals surface area (Å²) in [6, 6.07) is 14.2. The highest BCUT2D eigenvalue weighted by Gasteiger charge is 2.42. The Balaban J connectivity index is 1.61. The zero-order valence-electron chi connectivity index (χ0n) is 18.2. The van der Waals surface area contributed by atoms with Crippen LogP contribution in [-0.2, 0) is 9.59 Å². The molecule has 2 atom stereocenters. The van der Waals surface area contributed by atoms with Crippen LogP contribution in [0.1, 0.15) is 39.2 Å². The summed E-state index contributed by atoms with van der Waals surface area (Å²) < 4.78 is 0. The zero-order valence-corrected chi connectivity index (χ0v) is 19.8. The van der Waals surface area contributed by atoms with E-state index in [1.54, 1.807) is 29.2 Å². The normalized spacial score (nSPS) is 18.1. The maximum atomic E-state index is 13.3. The minimum absolute atomic E-state index is 0.0811. The van der Waals surface area contributed by atoms with Gasteiger partial charge in [0, 0.05) is 16.3 Å². The molecule has 6 nitrogen and oxygen atoms in total. The summed E-state index contributed by atoms with van der Waals surface area (Å²) in [5.41, 5.74) is 2.27. The van der Waals surface area contributed by atoms with Gasteiger partial charge >= 0.3 is 0 Å². The van der Waals surface area contributed by atoms with E-state index >= 15 is 0 Å². The highest BCUT2D eigenvalue weighted by molar-refractivity contribution is 8.15. The molecule has 2 heterocycles. The Morgan fingerprint density at radius 2 is 1.91 bits per heavy atom. The molecule has 0 aliphatic carbocycles. The standard InChI is InChI=1S/C24H25ClN4O2S/c1-4-20(22(30)26-16-11-9-15(25)10-12-16)32-24-28-18-8-6-5-7-17(18)21-27-19(13-14(2)3)23(31)29(21)24/h5-12,14,19-20H,4,13H2,1-3H3,(H,26,30)/t19-,20-/m1/s1. The van der Waals surface area contributed by atoms with Crippen molar-refractivity contribution in [3.63, 3.8) is 0 Å². The van der Waals surface area contributed by atoms with Gasteiger partial charge in [0.2, 0.25) is 5.91 Å². The fraction of sp³-hybridized carbons (Fsp3) is 0.333. The number of hydrogen-bond acceptors (Lipinski definition) is 5. The lowest BCUT2D eigenvalue weighted by molar-refractivity contribution is -0.125. The molecular formula is C24H25ClN4O2S. The van der Waals surface area contributed by atoms with Gasteiger partial charge in [0.05, 0.1) is 10.9 Å². The minimum Gasteiger partial charge on any atom is -0.325 e. The van der Waals surface area contributed by atoms with Crippen molar-refractivity contribution in [2.75, 3.05) is 5.32 Å². The third-order valence-electron chi connectivity index (χ3n) is 5.27. The lowest BCUT2D eigenvalue weighted by Gasteiger charge is -2.27. The number of amidine groups is 2. The molecule has 0 bridgehead atoms. The Morgan fingerprint density at radius 1 is 1.19 bits per heavy atom. The molecular weight excluding hydrogens is 444 g/mol. The summed E-state index contributed by atoms with van der Waals surface area (Å²) in [7, 11) is 0. The molecule has 1 N–H and O–H groups in total. The average molecular weight is 469 g/mol. The molecule has 166 valence electrons. The van der Waals surface area contributed by atoms with Crippen molar-refractivity contribution in [3.05, 3.63) is 59.1 Å². The molecule has 0 saturated carbocycles. The maximum absolute atomic E-state index is 13.3. The number of hydrogen-bond donors (Lipinski definition) is 1. The number of thioether (sulfide) groups is 1. The number of para-hydroxylation sites is 1. The predicted octanol–water partition coefficient (Wildman–Crippen LogP) is 5.50. The Labute approximate surface area is 197 Å². The molecule has 0 aromatic heterocycles. The van der Waals surface area contributed by atoms with E-state index in [1.165, 1.54) is 11.8 Å². The molecule has 4 rings (SSSR count). The number of fused-ring (bicyclic) bond motifs is 3. The fourth-order valence-corrected chi connectivity index (χ4v) is 4.83. The first kappa shape index (κ1) is 22.6. The molecule has 2 aromatic carbocycles. The Hall–Kier alpha value is -2.64. The second kappa shape index (κ2) is 9.46. The van der Waals surface area contributed by atoms with Gasteiger partial charge in [-0.05, 0) is 55.2 Å². The van der Waals surface area contributed by atoms with Crippen LogP contribution in [0.2, 0.25) is 5.02 Å². The van der Waals surface area contributed by atoms with Gasteiger partial charge in [-0.2, -0.15) is 0 Å². The SMILES string of the molecule is CC[C@@H](SC1=Nc2ccccc2C2=N[C@H](CC(C)C)C(=O)N12)C(=O)Nc1ccc(Cl)cc1. The first-order valence-corrected chi connectivity index (χ1v) is 12.0. The summed E-state index contributed by atoms with van der Waals surface area (Å²) >= 11 is 7.23. The van der Waals surface area contributed by atoms with Crippen LogP contribution in [0, 0.1) is 5.92 Å². The lowest BCUT2D eigenvalue weighted by atomic mass is 10.0. The smallest absolute Gasteiger partial charge is 0.259 e. The van der Waals surface area contributed by atoms with Crippen molar-refractivity contribution in [3.8, 4) is 0 Å². The van der Waals surface area contributed by atoms with Crippen molar-refractivity contribution < 1.29 is 9.59 Å². The van der Waals surface area contributed by atoms with Crippen LogP contribution in [0.5, 0.6) is 0 Å². The van der Waals surface area contributed by atoms with Crippen LogP contribution in [-0.4, -0.2) is 39.0 Å². The first-order valence-electron chi connectivity index (χ1n) is 10.7. The lowest BCUT2D eigenvalue weighted by Crippen LogP contribution is -2.42. The number of nitrogens with one attached hydrogen (secondary N) is 1. The summed E-state index contributed by atoms with van der Waals surface area (Å²) in [5.74, 6) is 0.737. The number of nitrogens with zero attached hydrogens (tertiary/aromatic N) is 3. The molecule has 8 heteroatoms. The minimum atomic E-state index is -0.426. The monoisotopic (exact) mass is 468 g/mol. The molecule has 0 radical (unpaired) electrons. The largest absolute Gasteiger partial charge is 0.325 e. The van der Waals surface area contributed by atoms with Gasteiger partial charge < -0.3 is 5.32 Å². The summed E-state index contributed by atoms with van der Waals surface area (Å²) in [6.45, 7) is 6.10. The zero-order chi connectivity index (χ0) is 22.8. The predicted molar refractivity (Wildman–Crippen MR) is 132 cm³/mol. The van der Waals surface area contributed by atoms with E-state index < -0.39 is 11.3 Å². The second-order valence-corrected chi connectivity index (χ2v) is 9.80. The van der Waals surface area contributed by atoms with E-state index in [1.807, 2.05) is 31.2 Å². The maximum Gasteiger partial charge on any atom is 0.259 e. The van der Waals surface area contributed by atoms with Gasteiger partial charge in [-0.15, -0.1) is 0 Å². The fourth-order valence-electron chi connectivity index (χ4n) is 3.69. The van der Waals surface area contributed by atoms with Gasteiger partial charge in [-0.3, -0.25) is 14.6 Å². The number of amides is 2. The van der Waals surface area contributed by atoms with Gasteiger partial charge in [0.25, 0.3) is 5.91 Å². The van der Waals surface area contributed by atoms with E-state index in [4.69, 9.17) is 21.6 Å². The average Bonchev–Trinajstić information content (AvgIpc) is 3.09. The third kappa shape index (κ3) is 4.59. The van der Waals surface area contributed by atoms with Crippen molar-refractivity contribution in [1.29, 1.82) is 0 Å². The van der Waals surface area contributed by atoms with Crippen LogP contribution in [0.25, 0.3) is 0 Å². The third-order valence-corrected chi connectivity index (χ3v) is 6.83. The molecule has 0 spiro atoms. The number of benzene rings is 2. The first-order chi connectivity index (χ1) is 15.4. The molecule has 0 unspecified atom stereocenters. The van der Waals surface area contributed by atoms with E-state index in [0.717, 1.165) is 11.3 Å². The van der Waals surface area contributed by atoms with Crippen molar-refractivity contribution in [2.45, 2.75) is 44.9 Å². The van der Waals surface area contributed by atoms with Crippen molar-refractivity contribution in [2.24, 2.45) is 15.9 Å². The number of aliphatic imine (C=N–C) groups is 2. The molecule has 2 aromatic rings. The topological polar surface area (TPSA) is 74.1 Å². The highest BCUT2D eigenvalue weighted by Crippen LogP contribution is 2.36. The number of halogens is 1. The van der Waals surface area contributed by atoms with Crippen molar-refractivity contribution >= 4 is 57.6 Å². The number of rotatable bonds is 6. The molecule has 2 aliphatic rings. The van der Waals surface area contributed by atoms with Crippen LogP contribution >= 0.6 is 23.4 Å². The number of anilines is 1. The van der Waals surface area contributed by atoms with Gasteiger partial charge in [0.15, 0.2) is 5.17 Å². The van der Waals surface area contributed by atoms with E-state index in [9.17, 15) is 9.59 Å². The molecule has 0 fully saturated rings. The molecule has 32 heavy (non-hydrogen) atoms. The van der Waals surface area contributed by atoms with Crippen LogP contribution in [0.4, 0.5) is 11.4 Å². The van der Waals surface area contributed by atoms with Crippen LogP contribution in [0.3, 0.4) is 0 Å². The highest BCUT2D eigenvalue weighted by atomic mass is 35.5. The van der Waals surface area contributed by atoms with E-state index in [2.05, 4.69) is 19.2 Å². The van der Waals surface area contributed by atoms with Gasteiger partial charge in [-0.1, -0.05) is 56.3 Å². The quantitative estimate of drug-likeness (QED) is 0.608. The summed E-state index contributed by atoms with van der Waals surface area (Å²) in [4.78, 5) is 37.3.